The summed E-state index contributed by atoms with van der Waals surface area (Å²) < 4.78 is 10.8. The highest BCUT2D eigenvalue weighted by Crippen LogP contribution is 2.32. The van der Waals surface area contributed by atoms with Crippen molar-refractivity contribution < 1.29 is 13.6 Å². The summed E-state index contributed by atoms with van der Waals surface area (Å²) in [6, 6.07) is 13.4. The van der Waals surface area contributed by atoms with E-state index in [1.54, 1.807) is 42.5 Å². The molecule has 1 amide bonds. The van der Waals surface area contributed by atoms with Crippen molar-refractivity contribution in [3.05, 3.63) is 70.6 Å². The predicted octanol–water partition coefficient (Wildman–Crippen LogP) is 5.52. The van der Waals surface area contributed by atoms with Gasteiger partial charge in [-0.3, -0.25) is 10.1 Å². The van der Waals surface area contributed by atoms with Gasteiger partial charge in [0.15, 0.2) is 16.5 Å². The SMILES string of the molecule is O=C(NC(=S)Nc1ccc(Cl)c(-c2nc3cc(Cl)ccc3o2)c1)c1ccco1. The summed E-state index contributed by atoms with van der Waals surface area (Å²) in [6.07, 6.45) is 1.41. The maximum absolute atomic E-state index is 12.0. The lowest BCUT2D eigenvalue weighted by molar-refractivity contribution is 0.0950. The monoisotopic (exact) mass is 431 g/mol. The summed E-state index contributed by atoms with van der Waals surface area (Å²) >= 11 is 17.5. The number of hydrogen-bond donors (Lipinski definition) is 2. The smallest absolute Gasteiger partial charge is 0.293 e. The van der Waals surface area contributed by atoms with Crippen molar-refractivity contribution in [1.29, 1.82) is 0 Å². The van der Waals surface area contributed by atoms with E-state index >= 15 is 0 Å². The molecule has 0 bridgehead atoms. The number of furan rings is 1. The van der Waals surface area contributed by atoms with Crippen molar-refractivity contribution in [2.24, 2.45) is 0 Å². The second-order valence-electron chi connectivity index (χ2n) is 5.71. The van der Waals surface area contributed by atoms with E-state index < -0.39 is 5.91 Å². The fourth-order valence-corrected chi connectivity index (χ4v) is 3.09. The summed E-state index contributed by atoms with van der Waals surface area (Å²) in [5.41, 5.74) is 2.39. The number of benzene rings is 2. The van der Waals surface area contributed by atoms with Crippen molar-refractivity contribution >= 4 is 63.2 Å². The highest BCUT2D eigenvalue weighted by Gasteiger charge is 2.14. The summed E-state index contributed by atoms with van der Waals surface area (Å²) in [4.78, 5) is 16.4. The molecule has 2 aromatic heterocycles. The van der Waals surface area contributed by atoms with Crippen LogP contribution in [0.4, 0.5) is 5.69 Å². The Morgan fingerprint density at radius 2 is 1.96 bits per heavy atom. The molecule has 0 saturated carbocycles. The third-order valence-corrected chi connectivity index (χ3v) is 4.55. The first-order valence-electron chi connectivity index (χ1n) is 8.01. The lowest BCUT2D eigenvalue weighted by Gasteiger charge is -2.10. The van der Waals surface area contributed by atoms with Gasteiger partial charge in [0.2, 0.25) is 5.89 Å². The van der Waals surface area contributed by atoms with Crippen LogP contribution in [0, 0.1) is 0 Å². The van der Waals surface area contributed by atoms with Crippen LogP contribution < -0.4 is 10.6 Å². The molecule has 28 heavy (non-hydrogen) atoms. The van der Waals surface area contributed by atoms with Crippen molar-refractivity contribution in [1.82, 2.24) is 10.3 Å². The number of halogens is 2. The maximum atomic E-state index is 12.0. The van der Waals surface area contributed by atoms with Crippen LogP contribution in [0.15, 0.2) is 63.6 Å². The van der Waals surface area contributed by atoms with Crippen molar-refractivity contribution in [3.8, 4) is 11.5 Å². The van der Waals surface area contributed by atoms with E-state index in [0.29, 0.717) is 38.3 Å². The zero-order chi connectivity index (χ0) is 19.7. The van der Waals surface area contributed by atoms with E-state index in [1.807, 2.05) is 0 Å². The lowest BCUT2D eigenvalue weighted by atomic mass is 10.2. The number of aromatic nitrogens is 1. The average Bonchev–Trinajstić information content (AvgIpc) is 3.32. The highest BCUT2D eigenvalue weighted by atomic mass is 35.5. The van der Waals surface area contributed by atoms with Gasteiger partial charge in [-0.05, 0) is 60.7 Å². The summed E-state index contributed by atoms with van der Waals surface area (Å²) in [6.45, 7) is 0. The zero-order valence-electron chi connectivity index (χ0n) is 14.0. The lowest BCUT2D eigenvalue weighted by Crippen LogP contribution is -2.33. The van der Waals surface area contributed by atoms with Crippen molar-refractivity contribution in [3.63, 3.8) is 0 Å². The minimum absolute atomic E-state index is 0.110. The summed E-state index contributed by atoms with van der Waals surface area (Å²) in [5, 5.41) is 6.58. The van der Waals surface area contributed by atoms with Crippen LogP contribution in [0.25, 0.3) is 22.6 Å². The molecule has 0 spiro atoms. The molecule has 0 saturated heterocycles. The molecule has 2 N–H and O–H groups in total. The number of hydrogen-bond acceptors (Lipinski definition) is 5. The fraction of sp³-hybridized carbons (Fsp3) is 0. The van der Waals surface area contributed by atoms with Gasteiger partial charge in [0.25, 0.3) is 5.91 Å². The van der Waals surface area contributed by atoms with Gasteiger partial charge in [-0.1, -0.05) is 23.2 Å². The van der Waals surface area contributed by atoms with E-state index in [1.165, 1.54) is 12.3 Å². The molecule has 0 atom stereocenters. The van der Waals surface area contributed by atoms with Crippen LogP contribution in [0.3, 0.4) is 0 Å². The number of oxazole rings is 1. The molecule has 2 aromatic carbocycles. The first kappa shape index (κ1) is 18.5. The number of nitrogens with zero attached hydrogens (tertiary/aromatic N) is 1. The van der Waals surface area contributed by atoms with E-state index in [-0.39, 0.29) is 10.9 Å². The Balaban J connectivity index is 1.56. The van der Waals surface area contributed by atoms with Crippen molar-refractivity contribution in [2.45, 2.75) is 0 Å². The Hall–Kier alpha value is -2.87. The fourth-order valence-electron chi connectivity index (χ4n) is 2.52. The molecule has 4 rings (SSSR count). The average molecular weight is 432 g/mol. The second kappa shape index (κ2) is 7.63. The number of carbonyl (C=O) groups excluding carboxylic acids is 1. The van der Waals surface area contributed by atoms with E-state index in [9.17, 15) is 4.79 Å². The third kappa shape index (κ3) is 3.87. The Morgan fingerprint density at radius 3 is 2.75 bits per heavy atom. The van der Waals surface area contributed by atoms with E-state index in [4.69, 9.17) is 44.3 Å². The molecule has 0 fully saturated rings. The van der Waals surface area contributed by atoms with Crippen LogP contribution in [0.1, 0.15) is 10.6 Å². The molecule has 9 heteroatoms. The van der Waals surface area contributed by atoms with Gasteiger partial charge in [0.1, 0.15) is 5.52 Å². The third-order valence-electron chi connectivity index (χ3n) is 3.78. The molecule has 0 aliphatic rings. The predicted molar refractivity (Wildman–Crippen MR) is 112 cm³/mol. The van der Waals surface area contributed by atoms with Gasteiger partial charge in [0.05, 0.1) is 16.8 Å². The molecule has 2 heterocycles. The number of thiocarbonyl (C=S) groups is 1. The highest BCUT2D eigenvalue weighted by molar-refractivity contribution is 7.80. The molecular formula is C19H11Cl2N3O3S. The minimum atomic E-state index is -0.451. The molecule has 0 unspecified atom stereocenters. The Labute approximate surface area is 174 Å². The summed E-state index contributed by atoms with van der Waals surface area (Å²) in [7, 11) is 0. The molecule has 0 aliphatic heterocycles. The van der Waals surface area contributed by atoms with Gasteiger partial charge in [-0.25, -0.2) is 4.98 Å². The number of anilines is 1. The Kier molecular flexibility index (Phi) is 5.04. The first-order valence-corrected chi connectivity index (χ1v) is 9.18. The number of rotatable bonds is 3. The Bertz CT molecular complexity index is 1190. The molecule has 6 nitrogen and oxygen atoms in total. The van der Waals surface area contributed by atoms with Crippen LogP contribution in [-0.4, -0.2) is 16.0 Å². The summed E-state index contributed by atoms with van der Waals surface area (Å²) in [5.74, 6) is 0.0510. The largest absolute Gasteiger partial charge is 0.459 e. The van der Waals surface area contributed by atoms with Crippen LogP contribution in [0.2, 0.25) is 10.0 Å². The first-order chi connectivity index (χ1) is 13.5. The quantitative estimate of drug-likeness (QED) is 0.415. The van der Waals surface area contributed by atoms with Crippen molar-refractivity contribution in [2.75, 3.05) is 5.32 Å². The zero-order valence-corrected chi connectivity index (χ0v) is 16.4. The number of nitrogens with one attached hydrogen (secondary N) is 2. The molecule has 4 aromatic rings. The van der Waals surface area contributed by atoms with Crippen LogP contribution in [0.5, 0.6) is 0 Å². The van der Waals surface area contributed by atoms with Gasteiger partial charge in [0, 0.05) is 10.7 Å². The maximum Gasteiger partial charge on any atom is 0.293 e. The van der Waals surface area contributed by atoms with Gasteiger partial charge < -0.3 is 14.2 Å². The number of fused-ring (bicyclic) bond motifs is 1. The number of carbonyl (C=O) groups is 1. The van der Waals surface area contributed by atoms with Gasteiger partial charge in [-0.15, -0.1) is 0 Å². The minimum Gasteiger partial charge on any atom is -0.459 e. The standard InChI is InChI=1S/C19H11Cl2N3O3S/c20-10-3-6-15-14(8-10)23-18(27-15)12-9-11(4-5-13(12)21)22-19(28)24-17(25)16-2-1-7-26-16/h1-9H,(H2,22,24,25,28). The molecular weight excluding hydrogens is 421 g/mol. The van der Waals surface area contributed by atoms with E-state index in [0.717, 1.165) is 0 Å². The number of amides is 1. The van der Waals surface area contributed by atoms with Crippen LogP contribution >= 0.6 is 35.4 Å². The Morgan fingerprint density at radius 1 is 1.11 bits per heavy atom. The van der Waals surface area contributed by atoms with Crippen LogP contribution in [-0.2, 0) is 0 Å². The van der Waals surface area contributed by atoms with Gasteiger partial charge in [-0.2, -0.15) is 0 Å². The molecule has 0 radical (unpaired) electrons. The van der Waals surface area contributed by atoms with Gasteiger partial charge >= 0.3 is 0 Å². The molecule has 140 valence electrons. The van der Waals surface area contributed by atoms with E-state index in [2.05, 4.69) is 15.6 Å². The second-order valence-corrected chi connectivity index (χ2v) is 6.96. The topological polar surface area (TPSA) is 80.3 Å². The molecule has 0 aliphatic carbocycles. The normalized spacial score (nSPS) is 10.8.